The van der Waals surface area contributed by atoms with E-state index < -0.39 is 35.2 Å². The molecule has 3 N–H and O–H groups in total. The molecule has 28 heavy (non-hydrogen) atoms. The minimum absolute atomic E-state index is 0.248. The average Bonchev–Trinajstić information content (AvgIpc) is 2.67. The molecule has 0 aliphatic carbocycles. The maximum absolute atomic E-state index is 13.0. The van der Waals surface area contributed by atoms with Gasteiger partial charge in [-0.05, 0) is 36.5 Å². The molecule has 9 heteroatoms. The van der Waals surface area contributed by atoms with Crippen molar-refractivity contribution in [1.29, 1.82) is 0 Å². The Hall–Kier alpha value is -2.55. The average molecular weight is 407 g/mol. The van der Waals surface area contributed by atoms with Gasteiger partial charge in [-0.3, -0.25) is 9.59 Å². The quantitative estimate of drug-likeness (QED) is 0.580. The number of aromatic amines is 1. The molecule has 0 saturated carbocycles. The first-order valence-corrected chi connectivity index (χ1v) is 10.5. The maximum Gasteiger partial charge on any atom is 0.329 e. The van der Waals surface area contributed by atoms with Gasteiger partial charge in [0.25, 0.3) is 5.56 Å². The summed E-state index contributed by atoms with van der Waals surface area (Å²) >= 11 is 1.47. The summed E-state index contributed by atoms with van der Waals surface area (Å²) in [4.78, 5) is 52.7. The van der Waals surface area contributed by atoms with Crippen LogP contribution in [0.3, 0.4) is 0 Å². The van der Waals surface area contributed by atoms with Gasteiger partial charge in [-0.25, -0.2) is 14.2 Å². The standard InChI is InChI=1S/C19H25N3O5S/c1-4-11(2)15(16(23)20-14(18(25)26)9-10-28-3)22-17(24)12-7-5-6-8-13(12)21-19(22)27/h5-8,11,14-15H,4,9-10H2,1-3H3,(H,20,23)(H,21,27)(H,25,26). The fourth-order valence-corrected chi connectivity index (χ4v) is 3.50. The number of rotatable bonds is 9. The Balaban J connectivity index is 2.51. The molecule has 1 aromatic carbocycles. The molecule has 0 aliphatic heterocycles. The van der Waals surface area contributed by atoms with Crippen LogP contribution in [0.2, 0.25) is 0 Å². The van der Waals surface area contributed by atoms with Gasteiger partial charge in [0.15, 0.2) is 0 Å². The van der Waals surface area contributed by atoms with E-state index >= 15 is 0 Å². The summed E-state index contributed by atoms with van der Waals surface area (Å²) in [5.74, 6) is -1.59. The molecule has 1 heterocycles. The van der Waals surface area contributed by atoms with Gasteiger partial charge in [-0.1, -0.05) is 32.4 Å². The lowest BCUT2D eigenvalue weighted by molar-refractivity contribution is -0.142. The lowest BCUT2D eigenvalue weighted by Crippen LogP contribution is -2.50. The zero-order valence-electron chi connectivity index (χ0n) is 16.1. The SMILES string of the molecule is CCC(C)C(C(=O)NC(CCSC)C(=O)O)n1c(=O)[nH]c2ccccc2c1=O. The van der Waals surface area contributed by atoms with Gasteiger partial charge >= 0.3 is 11.7 Å². The molecular weight excluding hydrogens is 382 g/mol. The normalized spacial score (nSPS) is 14.4. The Labute approximate surface area is 166 Å². The van der Waals surface area contributed by atoms with E-state index in [1.807, 2.05) is 13.2 Å². The number of carboxylic acid groups (broad SMARTS) is 1. The number of carboxylic acids is 1. The topological polar surface area (TPSA) is 121 Å². The van der Waals surface area contributed by atoms with Crippen molar-refractivity contribution in [2.24, 2.45) is 5.92 Å². The van der Waals surface area contributed by atoms with Crippen molar-refractivity contribution < 1.29 is 14.7 Å². The molecule has 2 rings (SSSR count). The van der Waals surface area contributed by atoms with Crippen LogP contribution in [0.15, 0.2) is 33.9 Å². The number of amides is 1. The van der Waals surface area contributed by atoms with Crippen LogP contribution in [0.4, 0.5) is 0 Å². The summed E-state index contributed by atoms with van der Waals surface area (Å²) in [6.45, 7) is 3.59. The molecule has 0 aliphatic rings. The van der Waals surface area contributed by atoms with E-state index in [1.54, 1.807) is 31.2 Å². The molecule has 0 spiro atoms. The Kier molecular flexibility index (Phi) is 7.45. The van der Waals surface area contributed by atoms with E-state index in [4.69, 9.17) is 0 Å². The molecule has 152 valence electrons. The van der Waals surface area contributed by atoms with Crippen molar-refractivity contribution in [2.75, 3.05) is 12.0 Å². The number of benzene rings is 1. The van der Waals surface area contributed by atoms with E-state index in [9.17, 15) is 24.3 Å². The third-order valence-corrected chi connectivity index (χ3v) is 5.44. The fourth-order valence-electron chi connectivity index (χ4n) is 3.03. The number of nitrogens with one attached hydrogen (secondary N) is 2. The predicted octanol–water partition coefficient (Wildman–Crippen LogP) is 1.60. The summed E-state index contributed by atoms with van der Waals surface area (Å²) in [7, 11) is 0. The van der Waals surface area contributed by atoms with E-state index in [0.29, 0.717) is 23.1 Å². The largest absolute Gasteiger partial charge is 0.480 e. The highest BCUT2D eigenvalue weighted by molar-refractivity contribution is 7.98. The second kappa shape index (κ2) is 9.59. The highest BCUT2D eigenvalue weighted by Crippen LogP contribution is 2.20. The molecule has 0 radical (unpaired) electrons. The monoisotopic (exact) mass is 407 g/mol. The van der Waals surface area contributed by atoms with Gasteiger partial charge in [0.1, 0.15) is 12.1 Å². The highest BCUT2D eigenvalue weighted by Gasteiger charge is 2.32. The lowest BCUT2D eigenvalue weighted by atomic mass is 9.97. The number of aliphatic carboxylic acids is 1. The van der Waals surface area contributed by atoms with E-state index in [-0.39, 0.29) is 12.3 Å². The number of carbonyl (C=O) groups excluding carboxylic acids is 1. The molecular formula is C19H25N3O5S. The zero-order valence-corrected chi connectivity index (χ0v) is 16.9. The summed E-state index contributed by atoms with van der Waals surface area (Å²) in [6, 6.07) is 4.37. The molecule has 0 fully saturated rings. The second-order valence-electron chi connectivity index (χ2n) is 6.66. The highest BCUT2D eigenvalue weighted by atomic mass is 32.2. The molecule has 8 nitrogen and oxygen atoms in total. The molecule has 1 aromatic heterocycles. The zero-order chi connectivity index (χ0) is 20.8. The third kappa shape index (κ3) is 4.64. The lowest BCUT2D eigenvalue weighted by Gasteiger charge is -2.25. The number of nitrogens with zero attached hydrogens (tertiary/aromatic N) is 1. The molecule has 3 atom stereocenters. The van der Waals surface area contributed by atoms with Gasteiger partial charge < -0.3 is 15.4 Å². The molecule has 2 aromatic rings. The van der Waals surface area contributed by atoms with Crippen LogP contribution in [-0.4, -0.2) is 44.6 Å². The van der Waals surface area contributed by atoms with Crippen LogP contribution >= 0.6 is 11.8 Å². The molecule has 0 saturated heterocycles. The number of fused-ring (bicyclic) bond motifs is 1. The first-order chi connectivity index (χ1) is 13.3. The van der Waals surface area contributed by atoms with Crippen molar-refractivity contribution in [3.05, 3.63) is 45.1 Å². The van der Waals surface area contributed by atoms with Crippen molar-refractivity contribution in [3.8, 4) is 0 Å². The first-order valence-electron chi connectivity index (χ1n) is 9.07. The van der Waals surface area contributed by atoms with Gasteiger partial charge in [-0.15, -0.1) is 0 Å². The second-order valence-corrected chi connectivity index (χ2v) is 7.65. The minimum Gasteiger partial charge on any atom is -0.480 e. The fraction of sp³-hybridized carbons (Fsp3) is 0.474. The number of hydrogen-bond donors (Lipinski definition) is 3. The summed E-state index contributed by atoms with van der Waals surface area (Å²) in [5.41, 5.74) is -0.878. The van der Waals surface area contributed by atoms with Crippen molar-refractivity contribution in [2.45, 2.75) is 38.8 Å². The van der Waals surface area contributed by atoms with Crippen LogP contribution < -0.4 is 16.6 Å². The van der Waals surface area contributed by atoms with Gasteiger partial charge in [0.2, 0.25) is 5.91 Å². The smallest absolute Gasteiger partial charge is 0.329 e. The van der Waals surface area contributed by atoms with Crippen molar-refractivity contribution in [1.82, 2.24) is 14.9 Å². The van der Waals surface area contributed by atoms with Crippen molar-refractivity contribution in [3.63, 3.8) is 0 Å². The van der Waals surface area contributed by atoms with Crippen LogP contribution in [0.25, 0.3) is 10.9 Å². The third-order valence-electron chi connectivity index (χ3n) is 4.79. The number of hydrogen-bond acceptors (Lipinski definition) is 5. The maximum atomic E-state index is 13.0. The molecule has 1 amide bonds. The Morgan fingerprint density at radius 1 is 1.29 bits per heavy atom. The predicted molar refractivity (Wildman–Crippen MR) is 110 cm³/mol. The van der Waals surface area contributed by atoms with E-state index in [0.717, 1.165) is 4.57 Å². The summed E-state index contributed by atoms with van der Waals surface area (Å²) in [6.07, 6.45) is 2.62. The van der Waals surface area contributed by atoms with E-state index in [1.165, 1.54) is 11.8 Å². The number of para-hydroxylation sites is 1. The van der Waals surface area contributed by atoms with Gasteiger partial charge in [0.05, 0.1) is 10.9 Å². The summed E-state index contributed by atoms with van der Waals surface area (Å²) < 4.78 is 0.902. The first kappa shape index (κ1) is 21.7. The number of aromatic nitrogens is 2. The number of H-pyrrole nitrogens is 1. The number of carbonyl (C=O) groups is 2. The van der Waals surface area contributed by atoms with Crippen LogP contribution in [0, 0.1) is 5.92 Å². The summed E-state index contributed by atoms with van der Waals surface area (Å²) in [5, 5.41) is 12.2. The Bertz CT molecular complexity index is 968. The van der Waals surface area contributed by atoms with E-state index in [2.05, 4.69) is 10.3 Å². The Morgan fingerprint density at radius 3 is 2.57 bits per heavy atom. The molecule has 0 bridgehead atoms. The molecule has 3 unspecified atom stereocenters. The van der Waals surface area contributed by atoms with Gasteiger partial charge in [-0.2, -0.15) is 11.8 Å². The minimum atomic E-state index is -1.15. The van der Waals surface area contributed by atoms with Crippen LogP contribution in [-0.2, 0) is 9.59 Å². The van der Waals surface area contributed by atoms with Gasteiger partial charge in [0, 0.05) is 0 Å². The number of thioether (sulfide) groups is 1. The van der Waals surface area contributed by atoms with Crippen molar-refractivity contribution >= 4 is 34.5 Å². The Morgan fingerprint density at radius 2 is 1.96 bits per heavy atom. The van der Waals surface area contributed by atoms with Crippen LogP contribution in [0.1, 0.15) is 32.7 Å². The van der Waals surface area contributed by atoms with Crippen LogP contribution in [0.5, 0.6) is 0 Å².